The van der Waals surface area contributed by atoms with Crippen LogP contribution in [0.25, 0.3) is 10.8 Å². The first-order valence-corrected chi connectivity index (χ1v) is 11.7. The van der Waals surface area contributed by atoms with Crippen molar-refractivity contribution in [2.45, 2.75) is 0 Å². The summed E-state index contributed by atoms with van der Waals surface area (Å²) in [5, 5.41) is 11.7. The summed E-state index contributed by atoms with van der Waals surface area (Å²) in [5.74, 6) is 1.67. The van der Waals surface area contributed by atoms with E-state index in [2.05, 4.69) is 38.1 Å². The van der Waals surface area contributed by atoms with Crippen molar-refractivity contribution in [1.29, 1.82) is 0 Å². The van der Waals surface area contributed by atoms with Gasteiger partial charge in [-0.1, -0.05) is 36.4 Å². The minimum absolute atomic E-state index is 0.246. The van der Waals surface area contributed by atoms with Gasteiger partial charge in [0.25, 0.3) is 0 Å². The van der Waals surface area contributed by atoms with Crippen molar-refractivity contribution in [1.82, 2.24) is 14.9 Å². The number of rotatable bonds is 10. The molecule has 1 amide bonds. The van der Waals surface area contributed by atoms with Gasteiger partial charge in [-0.15, -0.1) is 0 Å². The van der Waals surface area contributed by atoms with Gasteiger partial charge < -0.3 is 30.3 Å². The van der Waals surface area contributed by atoms with E-state index in [0.717, 1.165) is 16.5 Å². The Labute approximate surface area is 216 Å². The van der Waals surface area contributed by atoms with E-state index in [9.17, 15) is 4.79 Å². The molecule has 9 heteroatoms. The molecule has 0 aliphatic carbocycles. The third-order valence-corrected chi connectivity index (χ3v) is 5.46. The second-order valence-corrected chi connectivity index (χ2v) is 8.49. The SMILES string of the molecule is COc1ccc(NC(=O)/C=C/CN(C)C)c(Nc2ncc(OC)c(Nc3ccc4ccccc4c3)n2)c1. The molecule has 0 aliphatic rings. The molecule has 0 saturated carbocycles. The first kappa shape index (κ1) is 25.5. The van der Waals surface area contributed by atoms with Gasteiger partial charge in [-0.3, -0.25) is 4.79 Å². The van der Waals surface area contributed by atoms with E-state index in [-0.39, 0.29) is 5.91 Å². The average molecular weight is 499 g/mol. The summed E-state index contributed by atoms with van der Waals surface area (Å²) in [6.07, 6.45) is 4.88. The van der Waals surface area contributed by atoms with Gasteiger partial charge in [-0.2, -0.15) is 4.98 Å². The zero-order valence-electron chi connectivity index (χ0n) is 21.3. The van der Waals surface area contributed by atoms with E-state index in [1.54, 1.807) is 44.7 Å². The number of nitrogens with one attached hydrogen (secondary N) is 3. The fourth-order valence-electron chi connectivity index (χ4n) is 3.60. The fraction of sp³-hybridized carbons (Fsp3) is 0.179. The van der Waals surface area contributed by atoms with Crippen LogP contribution in [0.1, 0.15) is 0 Å². The topological polar surface area (TPSA) is 101 Å². The standard InChI is InChI=1S/C28H30N6O3/c1-34(2)15-7-10-26(35)31-23-14-13-22(36-3)17-24(23)32-28-29-18-25(37-4)27(33-28)30-21-12-11-19-8-5-6-9-20(19)16-21/h5-14,16-18H,15H2,1-4H3,(H,31,35)(H2,29,30,32,33)/b10-7+. The van der Waals surface area contributed by atoms with Crippen LogP contribution in [0.5, 0.6) is 11.5 Å². The third kappa shape index (κ3) is 6.74. The molecule has 0 fully saturated rings. The van der Waals surface area contributed by atoms with E-state index < -0.39 is 0 Å². The van der Waals surface area contributed by atoms with Gasteiger partial charge in [0.2, 0.25) is 11.9 Å². The molecule has 1 heterocycles. The molecule has 0 radical (unpaired) electrons. The van der Waals surface area contributed by atoms with Crippen LogP contribution >= 0.6 is 0 Å². The summed E-state index contributed by atoms with van der Waals surface area (Å²) in [4.78, 5) is 23.4. The molecule has 0 bridgehead atoms. The molecule has 190 valence electrons. The number of hydrogen-bond acceptors (Lipinski definition) is 8. The predicted octanol–water partition coefficient (Wildman–Crippen LogP) is 5.19. The Bertz CT molecular complexity index is 1420. The number of hydrogen-bond donors (Lipinski definition) is 3. The zero-order valence-corrected chi connectivity index (χ0v) is 21.3. The van der Waals surface area contributed by atoms with Crippen molar-refractivity contribution in [3.8, 4) is 11.5 Å². The summed E-state index contributed by atoms with van der Waals surface area (Å²) in [7, 11) is 7.02. The van der Waals surface area contributed by atoms with Gasteiger partial charge >= 0.3 is 0 Å². The summed E-state index contributed by atoms with van der Waals surface area (Å²) >= 11 is 0. The van der Waals surface area contributed by atoms with Crippen molar-refractivity contribution in [2.24, 2.45) is 0 Å². The van der Waals surface area contributed by atoms with E-state index in [0.29, 0.717) is 41.2 Å². The van der Waals surface area contributed by atoms with Gasteiger partial charge in [0, 0.05) is 24.4 Å². The molecule has 9 nitrogen and oxygen atoms in total. The van der Waals surface area contributed by atoms with Crippen LogP contribution in [0.15, 0.2) is 79.0 Å². The van der Waals surface area contributed by atoms with Crippen molar-refractivity contribution in [2.75, 3.05) is 50.8 Å². The lowest BCUT2D eigenvalue weighted by molar-refractivity contribution is -0.111. The Morgan fingerprint density at radius 1 is 0.946 bits per heavy atom. The average Bonchev–Trinajstić information content (AvgIpc) is 2.89. The normalized spacial score (nSPS) is 11.1. The summed E-state index contributed by atoms with van der Waals surface area (Å²) in [5.41, 5.74) is 2.00. The molecule has 3 aromatic carbocycles. The Kier molecular flexibility index (Phi) is 8.17. The lowest BCUT2D eigenvalue weighted by atomic mass is 10.1. The maximum atomic E-state index is 12.5. The highest BCUT2D eigenvalue weighted by molar-refractivity contribution is 6.01. The van der Waals surface area contributed by atoms with Crippen molar-refractivity contribution in [3.63, 3.8) is 0 Å². The lowest BCUT2D eigenvalue weighted by Crippen LogP contribution is -2.13. The second-order valence-electron chi connectivity index (χ2n) is 8.49. The fourth-order valence-corrected chi connectivity index (χ4v) is 3.60. The van der Waals surface area contributed by atoms with Crippen LogP contribution in [-0.2, 0) is 4.79 Å². The molecule has 0 spiro atoms. The highest BCUT2D eigenvalue weighted by Crippen LogP contribution is 2.32. The highest BCUT2D eigenvalue weighted by atomic mass is 16.5. The number of anilines is 5. The predicted molar refractivity (Wildman–Crippen MR) is 148 cm³/mol. The van der Waals surface area contributed by atoms with Crippen LogP contribution in [0.2, 0.25) is 0 Å². The maximum Gasteiger partial charge on any atom is 0.248 e. The molecule has 1 aromatic heterocycles. The van der Waals surface area contributed by atoms with E-state index in [1.165, 1.54) is 6.08 Å². The third-order valence-electron chi connectivity index (χ3n) is 5.46. The minimum atomic E-state index is -0.246. The number of carbonyl (C=O) groups excluding carboxylic acids is 1. The Balaban J connectivity index is 1.59. The van der Waals surface area contributed by atoms with Gasteiger partial charge in [0.1, 0.15) is 5.75 Å². The molecule has 37 heavy (non-hydrogen) atoms. The number of methoxy groups -OCH3 is 2. The van der Waals surface area contributed by atoms with Crippen LogP contribution < -0.4 is 25.4 Å². The van der Waals surface area contributed by atoms with Crippen molar-refractivity contribution in [3.05, 3.63) is 79.0 Å². The molecular weight excluding hydrogens is 468 g/mol. The molecule has 0 saturated heterocycles. The van der Waals surface area contributed by atoms with Crippen LogP contribution in [0.4, 0.5) is 28.8 Å². The summed E-state index contributed by atoms with van der Waals surface area (Å²) < 4.78 is 10.8. The quantitative estimate of drug-likeness (QED) is 0.257. The maximum absolute atomic E-state index is 12.5. The molecule has 4 rings (SSSR count). The number of fused-ring (bicyclic) bond motifs is 1. The molecule has 3 N–H and O–H groups in total. The Hall–Kier alpha value is -4.63. The number of aromatic nitrogens is 2. The Morgan fingerprint density at radius 2 is 1.76 bits per heavy atom. The first-order chi connectivity index (χ1) is 17.9. The monoisotopic (exact) mass is 498 g/mol. The summed E-state index contributed by atoms with van der Waals surface area (Å²) in [6, 6.07) is 19.5. The first-order valence-electron chi connectivity index (χ1n) is 11.7. The van der Waals surface area contributed by atoms with Gasteiger partial charge in [-0.25, -0.2) is 4.98 Å². The Morgan fingerprint density at radius 3 is 2.51 bits per heavy atom. The number of amides is 1. The lowest BCUT2D eigenvalue weighted by Gasteiger charge is -2.15. The van der Waals surface area contributed by atoms with E-state index in [4.69, 9.17) is 9.47 Å². The van der Waals surface area contributed by atoms with Gasteiger partial charge in [0.05, 0.1) is 31.8 Å². The molecule has 0 unspecified atom stereocenters. The zero-order chi connectivity index (χ0) is 26.2. The second kappa shape index (κ2) is 11.9. The number of benzene rings is 3. The molecular formula is C28H30N6O3. The van der Waals surface area contributed by atoms with Crippen LogP contribution in [-0.4, -0.2) is 55.6 Å². The number of ether oxygens (including phenoxy) is 2. The van der Waals surface area contributed by atoms with Crippen molar-refractivity contribution < 1.29 is 14.3 Å². The van der Waals surface area contributed by atoms with E-state index >= 15 is 0 Å². The van der Waals surface area contributed by atoms with Crippen LogP contribution in [0.3, 0.4) is 0 Å². The summed E-state index contributed by atoms with van der Waals surface area (Å²) in [6.45, 7) is 0.661. The number of carbonyl (C=O) groups is 1. The molecule has 0 atom stereocenters. The minimum Gasteiger partial charge on any atom is -0.497 e. The number of nitrogens with zero attached hydrogens (tertiary/aromatic N) is 3. The van der Waals surface area contributed by atoms with Gasteiger partial charge in [-0.05, 0) is 49.1 Å². The van der Waals surface area contributed by atoms with Crippen LogP contribution in [0, 0.1) is 0 Å². The van der Waals surface area contributed by atoms with Gasteiger partial charge in [0.15, 0.2) is 11.6 Å². The smallest absolute Gasteiger partial charge is 0.248 e. The van der Waals surface area contributed by atoms with Crippen molar-refractivity contribution >= 4 is 45.5 Å². The van der Waals surface area contributed by atoms with E-state index in [1.807, 2.05) is 49.3 Å². The largest absolute Gasteiger partial charge is 0.497 e. The highest BCUT2D eigenvalue weighted by Gasteiger charge is 2.12. The number of likely N-dealkylation sites (N-methyl/N-ethyl adjacent to an activating group) is 1. The molecule has 4 aromatic rings. The molecule has 0 aliphatic heterocycles.